The Morgan fingerprint density at radius 2 is 1.91 bits per heavy atom. The molecule has 0 radical (unpaired) electrons. The number of hydrogen-bond acceptors (Lipinski definition) is 5. The second-order valence-electron chi connectivity index (χ2n) is 8.55. The SMILES string of the molecule is C=C(NCc1cc(F)cc(F)c1)c1cccc(Oc2ccnc(C3=CC(N(C)C)NC=C3)c2)c1C. The zero-order valence-corrected chi connectivity index (χ0v) is 20.0. The molecule has 2 heterocycles. The minimum absolute atomic E-state index is 0.0858. The maximum absolute atomic E-state index is 13.5. The van der Waals surface area contributed by atoms with Crippen LogP contribution in [0.5, 0.6) is 11.5 Å². The standard InChI is InChI=1S/C28H28F2N4O/c1-18-25(19(2)33-17-20-12-22(29)15-23(30)13-20)6-5-7-27(18)35-24-9-11-31-26(16-24)21-8-10-32-28(14-21)34(3)4/h5-16,28,32-33H,2,17H2,1,3-4H3. The lowest BCUT2D eigenvalue weighted by atomic mass is 10.0. The number of allylic oxidation sites excluding steroid dienone is 2. The van der Waals surface area contributed by atoms with Gasteiger partial charge in [-0.05, 0) is 69.2 Å². The van der Waals surface area contributed by atoms with Crippen LogP contribution in [0.3, 0.4) is 0 Å². The number of benzene rings is 2. The molecule has 5 nitrogen and oxygen atoms in total. The van der Waals surface area contributed by atoms with Crippen LogP contribution in [0.4, 0.5) is 8.78 Å². The van der Waals surface area contributed by atoms with E-state index in [0.717, 1.165) is 28.5 Å². The van der Waals surface area contributed by atoms with E-state index in [2.05, 4.69) is 33.2 Å². The molecule has 0 amide bonds. The Morgan fingerprint density at radius 3 is 2.66 bits per heavy atom. The lowest BCUT2D eigenvalue weighted by Crippen LogP contribution is -2.38. The summed E-state index contributed by atoms with van der Waals surface area (Å²) in [6, 6.07) is 12.9. The molecule has 35 heavy (non-hydrogen) atoms. The number of dihydropyridines is 1. The second kappa shape index (κ2) is 10.5. The van der Waals surface area contributed by atoms with Crippen LogP contribution in [0.2, 0.25) is 0 Å². The van der Waals surface area contributed by atoms with Gasteiger partial charge in [-0.25, -0.2) is 8.78 Å². The first kappa shape index (κ1) is 24.2. The maximum atomic E-state index is 13.5. The lowest BCUT2D eigenvalue weighted by Gasteiger charge is -2.25. The third-order valence-electron chi connectivity index (χ3n) is 5.72. The van der Waals surface area contributed by atoms with Gasteiger partial charge in [0.25, 0.3) is 0 Å². The van der Waals surface area contributed by atoms with Gasteiger partial charge in [-0.15, -0.1) is 0 Å². The van der Waals surface area contributed by atoms with Gasteiger partial charge in [0.05, 0.1) is 11.9 Å². The summed E-state index contributed by atoms with van der Waals surface area (Å²) in [5, 5.41) is 6.43. The molecule has 1 aliphatic heterocycles. The molecule has 2 aromatic carbocycles. The van der Waals surface area contributed by atoms with Gasteiger partial charge in [0, 0.05) is 47.3 Å². The smallest absolute Gasteiger partial charge is 0.131 e. The summed E-state index contributed by atoms with van der Waals surface area (Å²) in [5.74, 6) is 0.131. The van der Waals surface area contributed by atoms with Crippen molar-refractivity contribution in [1.29, 1.82) is 0 Å². The molecule has 0 saturated heterocycles. The summed E-state index contributed by atoms with van der Waals surface area (Å²) >= 11 is 0. The zero-order chi connectivity index (χ0) is 24.9. The van der Waals surface area contributed by atoms with Crippen molar-refractivity contribution in [3.63, 3.8) is 0 Å². The van der Waals surface area contributed by atoms with Crippen LogP contribution in [0.25, 0.3) is 11.3 Å². The van der Waals surface area contributed by atoms with Crippen LogP contribution >= 0.6 is 0 Å². The summed E-state index contributed by atoms with van der Waals surface area (Å²) in [6.45, 7) is 6.29. The molecule has 7 heteroatoms. The van der Waals surface area contributed by atoms with E-state index in [0.29, 0.717) is 22.8 Å². The van der Waals surface area contributed by atoms with Crippen LogP contribution < -0.4 is 15.4 Å². The van der Waals surface area contributed by atoms with E-state index >= 15 is 0 Å². The Bertz CT molecular complexity index is 1280. The molecule has 0 spiro atoms. The van der Waals surface area contributed by atoms with Crippen molar-refractivity contribution < 1.29 is 13.5 Å². The van der Waals surface area contributed by atoms with Crippen molar-refractivity contribution in [2.45, 2.75) is 19.6 Å². The highest BCUT2D eigenvalue weighted by molar-refractivity contribution is 5.74. The predicted octanol–water partition coefficient (Wildman–Crippen LogP) is 5.61. The number of nitrogens with one attached hydrogen (secondary N) is 2. The van der Waals surface area contributed by atoms with Gasteiger partial charge in [0.15, 0.2) is 0 Å². The fourth-order valence-corrected chi connectivity index (χ4v) is 3.81. The number of aromatic nitrogens is 1. The molecule has 180 valence electrons. The normalized spacial score (nSPS) is 14.9. The van der Waals surface area contributed by atoms with Gasteiger partial charge >= 0.3 is 0 Å². The van der Waals surface area contributed by atoms with Gasteiger partial charge in [-0.1, -0.05) is 18.7 Å². The summed E-state index contributed by atoms with van der Waals surface area (Å²) in [7, 11) is 4.01. The molecule has 2 N–H and O–H groups in total. The first-order valence-corrected chi connectivity index (χ1v) is 11.2. The average molecular weight is 475 g/mol. The van der Waals surface area contributed by atoms with E-state index in [1.54, 1.807) is 6.20 Å². The van der Waals surface area contributed by atoms with Crippen molar-refractivity contribution in [2.75, 3.05) is 14.1 Å². The molecular weight excluding hydrogens is 446 g/mol. The van der Waals surface area contributed by atoms with Crippen molar-refractivity contribution in [3.8, 4) is 11.5 Å². The number of halogens is 2. The Balaban J connectivity index is 1.50. The summed E-state index contributed by atoms with van der Waals surface area (Å²) in [6.07, 6.45) is 7.82. The molecule has 1 unspecified atom stereocenters. The predicted molar refractivity (Wildman–Crippen MR) is 135 cm³/mol. The third-order valence-corrected chi connectivity index (χ3v) is 5.72. The molecule has 4 rings (SSSR count). The number of ether oxygens (including phenoxy) is 1. The Hall–Kier alpha value is -3.97. The molecule has 0 aliphatic carbocycles. The fourth-order valence-electron chi connectivity index (χ4n) is 3.81. The number of rotatable bonds is 8. The maximum Gasteiger partial charge on any atom is 0.131 e. The highest BCUT2D eigenvalue weighted by Crippen LogP contribution is 2.31. The Morgan fingerprint density at radius 1 is 1.14 bits per heavy atom. The summed E-state index contributed by atoms with van der Waals surface area (Å²) < 4.78 is 33.2. The number of hydrogen-bond donors (Lipinski definition) is 2. The van der Waals surface area contributed by atoms with Gasteiger partial charge in [-0.3, -0.25) is 9.88 Å². The van der Waals surface area contributed by atoms with Crippen LogP contribution in [-0.2, 0) is 6.54 Å². The largest absolute Gasteiger partial charge is 0.457 e. The molecular formula is C28H28F2N4O. The fraction of sp³-hybridized carbons (Fsp3) is 0.179. The summed E-state index contributed by atoms with van der Waals surface area (Å²) in [4.78, 5) is 6.58. The van der Waals surface area contributed by atoms with Crippen molar-refractivity contribution in [2.24, 2.45) is 0 Å². The highest BCUT2D eigenvalue weighted by Gasteiger charge is 2.14. The van der Waals surface area contributed by atoms with Crippen LogP contribution in [0, 0.1) is 18.6 Å². The molecule has 1 aliphatic rings. The Labute approximate surface area is 204 Å². The van der Waals surface area contributed by atoms with E-state index in [1.807, 2.05) is 63.6 Å². The van der Waals surface area contributed by atoms with Crippen molar-refractivity contribution >= 4 is 11.3 Å². The van der Waals surface area contributed by atoms with Crippen LogP contribution in [0.15, 0.2) is 79.7 Å². The van der Waals surface area contributed by atoms with Gasteiger partial charge < -0.3 is 15.4 Å². The van der Waals surface area contributed by atoms with Crippen molar-refractivity contribution in [3.05, 3.63) is 114 Å². The highest BCUT2D eigenvalue weighted by atomic mass is 19.1. The topological polar surface area (TPSA) is 49.4 Å². The first-order valence-electron chi connectivity index (χ1n) is 11.2. The average Bonchev–Trinajstić information content (AvgIpc) is 2.83. The van der Waals surface area contributed by atoms with E-state index in [1.165, 1.54) is 12.1 Å². The Kier molecular flexibility index (Phi) is 7.27. The lowest BCUT2D eigenvalue weighted by molar-refractivity contribution is 0.317. The number of likely N-dealkylation sites (N-methyl/N-ethyl adjacent to an activating group) is 1. The van der Waals surface area contributed by atoms with E-state index in [9.17, 15) is 8.78 Å². The summed E-state index contributed by atoms with van der Waals surface area (Å²) in [5.41, 5.74) is 4.69. The molecule has 0 bridgehead atoms. The molecule has 3 aromatic rings. The van der Waals surface area contributed by atoms with E-state index in [4.69, 9.17) is 4.74 Å². The van der Waals surface area contributed by atoms with Gasteiger partial charge in [0.1, 0.15) is 23.1 Å². The number of pyridine rings is 1. The molecule has 1 aromatic heterocycles. The minimum atomic E-state index is -0.608. The second-order valence-corrected chi connectivity index (χ2v) is 8.55. The molecule has 1 atom stereocenters. The quantitative estimate of drug-likeness (QED) is 0.445. The van der Waals surface area contributed by atoms with E-state index in [-0.39, 0.29) is 12.7 Å². The molecule has 0 fully saturated rings. The number of nitrogens with zero attached hydrogens (tertiary/aromatic N) is 2. The van der Waals surface area contributed by atoms with Gasteiger partial charge in [0.2, 0.25) is 0 Å². The first-order chi connectivity index (χ1) is 16.8. The minimum Gasteiger partial charge on any atom is -0.457 e. The van der Waals surface area contributed by atoms with Gasteiger partial charge in [-0.2, -0.15) is 0 Å². The van der Waals surface area contributed by atoms with E-state index < -0.39 is 11.6 Å². The van der Waals surface area contributed by atoms with Crippen LogP contribution in [0.1, 0.15) is 22.4 Å². The van der Waals surface area contributed by atoms with Crippen molar-refractivity contribution in [1.82, 2.24) is 20.5 Å². The zero-order valence-electron chi connectivity index (χ0n) is 20.0. The molecule has 0 saturated carbocycles. The monoisotopic (exact) mass is 474 g/mol. The third kappa shape index (κ3) is 5.94. The van der Waals surface area contributed by atoms with Crippen LogP contribution in [-0.4, -0.2) is 30.1 Å².